The number of nitrogens with zero attached hydrogens (tertiary/aromatic N) is 1. The van der Waals surface area contributed by atoms with Crippen molar-refractivity contribution in [1.29, 1.82) is 5.26 Å². The number of hydrogen-bond acceptors (Lipinski definition) is 4. The van der Waals surface area contributed by atoms with Crippen molar-refractivity contribution in [1.82, 2.24) is 0 Å². The minimum absolute atomic E-state index is 0.178. The summed E-state index contributed by atoms with van der Waals surface area (Å²) < 4.78 is 4.46. The molecule has 0 heterocycles. The molecule has 5 nitrogen and oxygen atoms in total. The van der Waals surface area contributed by atoms with Gasteiger partial charge in [0.1, 0.15) is 0 Å². The highest BCUT2D eigenvalue weighted by Gasteiger charge is 2.22. The van der Waals surface area contributed by atoms with Crippen LogP contribution in [0.1, 0.15) is 17.5 Å². The van der Waals surface area contributed by atoms with Crippen LogP contribution in [-0.4, -0.2) is 24.2 Å². The number of carbonyl (C=O) groups excluding carboxylic acids is 1. The second kappa shape index (κ2) is 6.40. The molecule has 1 aromatic rings. The lowest BCUT2D eigenvalue weighted by atomic mass is 9.95. The van der Waals surface area contributed by atoms with Crippen LogP contribution in [-0.2, 0) is 20.7 Å². The first kappa shape index (κ1) is 13.7. The van der Waals surface area contributed by atoms with Crippen LogP contribution in [0.5, 0.6) is 0 Å². The molecule has 0 aromatic heterocycles. The summed E-state index contributed by atoms with van der Waals surface area (Å²) in [4.78, 5) is 22.1. The Hall–Kier alpha value is -2.35. The second-order valence-electron chi connectivity index (χ2n) is 3.83. The average Bonchev–Trinajstić information content (AvgIpc) is 2.37. The van der Waals surface area contributed by atoms with Gasteiger partial charge in [-0.25, -0.2) is 0 Å². The quantitative estimate of drug-likeness (QED) is 0.794. The SMILES string of the molecule is COC(=O)CC(Cc1cccc(C#N)c1)C(=O)O. The molecular weight excluding hydrogens is 234 g/mol. The van der Waals surface area contributed by atoms with Crippen LogP contribution in [0.2, 0.25) is 0 Å². The Balaban J connectivity index is 2.80. The summed E-state index contributed by atoms with van der Waals surface area (Å²) in [6, 6.07) is 8.66. The molecule has 0 spiro atoms. The zero-order valence-corrected chi connectivity index (χ0v) is 9.92. The Bertz CT molecular complexity index is 490. The van der Waals surface area contributed by atoms with Crippen LogP contribution in [0.15, 0.2) is 24.3 Å². The number of nitriles is 1. The van der Waals surface area contributed by atoms with Gasteiger partial charge in [-0.3, -0.25) is 9.59 Å². The topological polar surface area (TPSA) is 87.4 Å². The first-order valence-corrected chi connectivity index (χ1v) is 5.35. The zero-order chi connectivity index (χ0) is 13.5. The highest BCUT2D eigenvalue weighted by molar-refractivity contribution is 5.78. The summed E-state index contributed by atoms with van der Waals surface area (Å²) in [6.45, 7) is 0. The van der Waals surface area contributed by atoms with Crippen molar-refractivity contribution >= 4 is 11.9 Å². The highest BCUT2D eigenvalue weighted by Crippen LogP contribution is 2.15. The van der Waals surface area contributed by atoms with E-state index in [2.05, 4.69) is 4.74 Å². The number of carboxylic acids is 1. The van der Waals surface area contributed by atoms with Gasteiger partial charge in [0.15, 0.2) is 0 Å². The monoisotopic (exact) mass is 247 g/mol. The summed E-state index contributed by atoms with van der Waals surface area (Å²) in [6.07, 6.45) is 0.0164. The highest BCUT2D eigenvalue weighted by atomic mass is 16.5. The normalized spacial score (nSPS) is 11.3. The van der Waals surface area contributed by atoms with Crippen molar-refractivity contribution in [3.63, 3.8) is 0 Å². The van der Waals surface area contributed by atoms with Gasteiger partial charge in [-0.05, 0) is 24.1 Å². The molecule has 1 unspecified atom stereocenters. The van der Waals surface area contributed by atoms with E-state index in [0.717, 1.165) is 0 Å². The molecule has 0 bridgehead atoms. The molecule has 0 amide bonds. The predicted octanol–water partition coefficient (Wildman–Crippen LogP) is 1.36. The van der Waals surface area contributed by atoms with Gasteiger partial charge in [0.05, 0.1) is 31.1 Å². The Kier molecular flexibility index (Phi) is 4.88. The second-order valence-corrected chi connectivity index (χ2v) is 3.83. The first-order valence-electron chi connectivity index (χ1n) is 5.35. The van der Waals surface area contributed by atoms with E-state index >= 15 is 0 Å². The maximum atomic E-state index is 11.1. The van der Waals surface area contributed by atoms with Crippen molar-refractivity contribution in [3.05, 3.63) is 35.4 Å². The lowest BCUT2D eigenvalue weighted by molar-refractivity contribution is -0.149. The number of hydrogen-bond donors (Lipinski definition) is 1. The summed E-state index contributed by atoms with van der Waals surface area (Å²) in [5.74, 6) is -2.45. The van der Waals surface area contributed by atoms with Gasteiger partial charge in [0, 0.05) is 0 Å². The van der Waals surface area contributed by atoms with Crippen LogP contribution in [0.25, 0.3) is 0 Å². The number of aliphatic carboxylic acids is 1. The number of ether oxygens (including phenoxy) is 1. The van der Waals surface area contributed by atoms with E-state index in [-0.39, 0.29) is 12.8 Å². The van der Waals surface area contributed by atoms with Gasteiger partial charge in [-0.1, -0.05) is 12.1 Å². The summed E-state index contributed by atoms with van der Waals surface area (Å²) in [7, 11) is 1.22. The largest absolute Gasteiger partial charge is 0.481 e. The molecular formula is C13H13NO4. The zero-order valence-electron chi connectivity index (χ0n) is 9.92. The fraction of sp³-hybridized carbons (Fsp3) is 0.308. The molecule has 1 N–H and O–H groups in total. The number of rotatable bonds is 5. The fourth-order valence-electron chi connectivity index (χ4n) is 1.58. The van der Waals surface area contributed by atoms with E-state index in [9.17, 15) is 9.59 Å². The molecule has 1 aromatic carbocycles. The van der Waals surface area contributed by atoms with E-state index in [1.165, 1.54) is 7.11 Å². The van der Waals surface area contributed by atoms with Gasteiger partial charge >= 0.3 is 11.9 Å². The van der Waals surface area contributed by atoms with Crippen LogP contribution >= 0.6 is 0 Å². The summed E-state index contributed by atoms with van der Waals surface area (Å²) >= 11 is 0. The lowest BCUT2D eigenvalue weighted by Gasteiger charge is -2.11. The van der Waals surface area contributed by atoms with Crippen molar-refractivity contribution < 1.29 is 19.4 Å². The molecule has 0 radical (unpaired) electrons. The summed E-state index contributed by atoms with van der Waals surface area (Å²) in [5, 5.41) is 17.8. The van der Waals surface area contributed by atoms with Crippen LogP contribution in [0, 0.1) is 17.2 Å². The van der Waals surface area contributed by atoms with Crippen molar-refractivity contribution in [2.24, 2.45) is 5.92 Å². The minimum atomic E-state index is -1.05. The standard InChI is InChI=1S/C13H13NO4/c1-18-12(15)7-11(13(16)17)6-9-3-2-4-10(5-9)8-14/h2-5,11H,6-7H2,1H3,(H,16,17). The van der Waals surface area contributed by atoms with E-state index < -0.39 is 17.9 Å². The molecule has 1 rings (SSSR count). The Labute approximate surface area is 105 Å². The van der Waals surface area contributed by atoms with Crippen molar-refractivity contribution in [3.8, 4) is 6.07 Å². The summed E-state index contributed by atoms with van der Waals surface area (Å²) in [5.41, 5.74) is 1.18. The van der Waals surface area contributed by atoms with E-state index in [4.69, 9.17) is 10.4 Å². The molecule has 18 heavy (non-hydrogen) atoms. The molecule has 94 valence electrons. The van der Waals surface area contributed by atoms with Crippen LogP contribution in [0.4, 0.5) is 0 Å². The van der Waals surface area contributed by atoms with Gasteiger partial charge in [0.2, 0.25) is 0 Å². The Morgan fingerprint density at radius 2 is 2.22 bits per heavy atom. The van der Waals surface area contributed by atoms with Crippen molar-refractivity contribution in [2.75, 3.05) is 7.11 Å². The van der Waals surface area contributed by atoms with Gasteiger partial charge in [-0.15, -0.1) is 0 Å². The number of methoxy groups -OCH3 is 1. The molecule has 0 fully saturated rings. The molecule has 0 saturated carbocycles. The average molecular weight is 247 g/mol. The first-order chi connectivity index (χ1) is 8.56. The lowest BCUT2D eigenvalue weighted by Crippen LogP contribution is -2.21. The maximum absolute atomic E-state index is 11.1. The molecule has 0 aliphatic carbocycles. The molecule has 0 aliphatic rings. The Morgan fingerprint density at radius 3 is 2.78 bits per heavy atom. The maximum Gasteiger partial charge on any atom is 0.307 e. The number of benzene rings is 1. The smallest absolute Gasteiger partial charge is 0.307 e. The van der Waals surface area contributed by atoms with Gasteiger partial charge in [-0.2, -0.15) is 5.26 Å². The van der Waals surface area contributed by atoms with Crippen LogP contribution in [0.3, 0.4) is 0 Å². The molecule has 0 saturated heterocycles. The van der Waals surface area contributed by atoms with Gasteiger partial charge in [0.25, 0.3) is 0 Å². The third-order valence-electron chi connectivity index (χ3n) is 2.53. The van der Waals surface area contributed by atoms with Crippen molar-refractivity contribution in [2.45, 2.75) is 12.8 Å². The third-order valence-corrected chi connectivity index (χ3v) is 2.53. The molecule has 5 heteroatoms. The van der Waals surface area contributed by atoms with E-state index in [1.807, 2.05) is 6.07 Å². The number of carbonyl (C=O) groups is 2. The number of carboxylic acid groups (broad SMARTS) is 1. The fourth-order valence-corrected chi connectivity index (χ4v) is 1.58. The predicted molar refractivity (Wildman–Crippen MR) is 62.6 cm³/mol. The van der Waals surface area contributed by atoms with E-state index in [1.54, 1.807) is 24.3 Å². The van der Waals surface area contributed by atoms with Crippen LogP contribution < -0.4 is 0 Å². The van der Waals surface area contributed by atoms with E-state index in [0.29, 0.717) is 11.1 Å². The van der Waals surface area contributed by atoms with Gasteiger partial charge < -0.3 is 9.84 Å². The number of esters is 1. The Morgan fingerprint density at radius 1 is 1.50 bits per heavy atom. The molecule has 0 aliphatic heterocycles. The minimum Gasteiger partial charge on any atom is -0.481 e. The molecule has 1 atom stereocenters. The third kappa shape index (κ3) is 3.91.